The molecule has 1 heterocycles. The fourth-order valence-electron chi connectivity index (χ4n) is 1.51. The van der Waals surface area contributed by atoms with E-state index in [1.54, 1.807) is 6.07 Å². The Bertz CT molecular complexity index is 605. The van der Waals surface area contributed by atoms with Crippen LogP contribution in [0.25, 0.3) is 0 Å². The maximum atomic E-state index is 12.1. The van der Waals surface area contributed by atoms with Crippen LogP contribution in [0, 0.1) is 20.8 Å². The molecule has 0 spiro atoms. The molecule has 18 heavy (non-hydrogen) atoms. The lowest BCUT2D eigenvalue weighted by atomic mass is 10.1. The van der Waals surface area contributed by atoms with Crippen molar-refractivity contribution in [2.75, 3.05) is 5.32 Å². The second-order valence-corrected chi connectivity index (χ2v) is 5.01. The number of benzene rings is 1. The molecular weight excluding hydrogens is 296 g/mol. The zero-order valence-electron chi connectivity index (χ0n) is 10.4. The highest BCUT2D eigenvalue weighted by Gasteiger charge is 2.15. The number of halogens is 1. The molecule has 1 aromatic heterocycles. The summed E-state index contributed by atoms with van der Waals surface area (Å²) in [7, 11) is 0. The van der Waals surface area contributed by atoms with Crippen molar-refractivity contribution >= 4 is 27.7 Å². The summed E-state index contributed by atoms with van der Waals surface area (Å²) in [6.45, 7) is 5.65. The fraction of sp³-hybridized carbons (Fsp3) is 0.231. The summed E-state index contributed by atoms with van der Waals surface area (Å²) in [6.07, 6.45) is 0. The quantitative estimate of drug-likeness (QED) is 0.922. The number of aromatic nitrogens is 1. The van der Waals surface area contributed by atoms with Gasteiger partial charge in [0.15, 0.2) is 0 Å². The molecule has 0 fully saturated rings. The van der Waals surface area contributed by atoms with Crippen LogP contribution in [-0.4, -0.2) is 11.1 Å². The fourth-order valence-corrected chi connectivity index (χ4v) is 2.18. The molecule has 0 saturated heterocycles. The van der Waals surface area contributed by atoms with Gasteiger partial charge in [0.25, 0.3) is 5.91 Å². The predicted molar refractivity (Wildman–Crippen MR) is 72.8 cm³/mol. The van der Waals surface area contributed by atoms with E-state index in [4.69, 9.17) is 4.52 Å². The number of nitrogens with zero attached hydrogens (tertiary/aromatic N) is 1. The molecule has 0 unspecified atom stereocenters. The monoisotopic (exact) mass is 308 g/mol. The summed E-state index contributed by atoms with van der Waals surface area (Å²) in [6, 6.07) is 5.55. The molecule has 94 valence electrons. The first-order valence-electron chi connectivity index (χ1n) is 5.49. The molecule has 1 amide bonds. The van der Waals surface area contributed by atoms with Crippen LogP contribution in [0.3, 0.4) is 0 Å². The van der Waals surface area contributed by atoms with Gasteiger partial charge in [-0.15, -0.1) is 0 Å². The molecule has 0 atom stereocenters. The number of hydrogen-bond acceptors (Lipinski definition) is 3. The molecule has 4 nitrogen and oxygen atoms in total. The average Bonchev–Trinajstić information content (AvgIpc) is 2.61. The third-order valence-electron chi connectivity index (χ3n) is 2.75. The predicted octanol–water partition coefficient (Wildman–Crippen LogP) is 3.61. The lowest BCUT2D eigenvalue weighted by molar-refractivity contribution is 0.102. The van der Waals surface area contributed by atoms with E-state index in [1.807, 2.05) is 32.9 Å². The summed E-state index contributed by atoms with van der Waals surface area (Å²) in [5, 5.41) is 6.51. The van der Waals surface area contributed by atoms with E-state index < -0.39 is 0 Å². The minimum atomic E-state index is -0.221. The zero-order chi connectivity index (χ0) is 13.3. The Morgan fingerprint density at radius 1 is 1.33 bits per heavy atom. The topological polar surface area (TPSA) is 55.1 Å². The van der Waals surface area contributed by atoms with E-state index in [2.05, 4.69) is 26.4 Å². The summed E-state index contributed by atoms with van der Waals surface area (Å²) >= 11 is 3.38. The molecular formula is C13H13BrN2O2. The Hall–Kier alpha value is -1.62. The van der Waals surface area contributed by atoms with E-state index in [1.165, 1.54) is 0 Å². The van der Waals surface area contributed by atoms with Crippen molar-refractivity contribution in [2.45, 2.75) is 20.8 Å². The molecule has 2 rings (SSSR count). The maximum absolute atomic E-state index is 12.1. The van der Waals surface area contributed by atoms with E-state index in [-0.39, 0.29) is 5.91 Å². The third kappa shape index (κ3) is 2.46. The molecule has 0 aliphatic heterocycles. The van der Waals surface area contributed by atoms with Gasteiger partial charge in [0.05, 0.1) is 11.3 Å². The number of aryl methyl sites for hydroxylation is 2. The third-order valence-corrected chi connectivity index (χ3v) is 3.41. The van der Waals surface area contributed by atoms with Crippen molar-refractivity contribution in [3.8, 4) is 0 Å². The SMILES string of the molecule is Cc1ccc(C(=O)Nc2onc(C)c2C)c(Br)c1. The highest BCUT2D eigenvalue weighted by molar-refractivity contribution is 9.10. The second-order valence-electron chi connectivity index (χ2n) is 4.16. The van der Waals surface area contributed by atoms with Crippen LogP contribution in [0.4, 0.5) is 5.88 Å². The minimum absolute atomic E-state index is 0.221. The molecule has 5 heteroatoms. The average molecular weight is 309 g/mol. The van der Waals surface area contributed by atoms with Crippen molar-refractivity contribution in [3.05, 3.63) is 45.1 Å². The van der Waals surface area contributed by atoms with Crippen molar-refractivity contribution in [1.29, 1.82) is 0 Å². The number of hydrogen-bond donors (Lipinski definition) is 1. The highest BCUT2D eigenvalue weighted by atomic mass is 79.9. The van der Waals surface area contributed by atoms with Gasteiger partial charge in [0.1, 0.15) is 0 Å². The van der Waals surface area contributed by atoms with Gasteiger partial charge in [-0.2, -0.15) is 0 Å². The van der Waals surface area contributed by atoms with Crippen molar-refractivity contribution in [3.63, 3.8) is 0 Å². The van der Waals surface area contributed by atoms with Crippen LogP contribution in [-0.2, 0) is 0 Å². The molecule has 0 saturated carbocycles. The molecule has 1 aromatic carbocycles. The smallest absolute Gasteiger partial charge is 0.259 e. The first-order valence-corrected chi connectivity index (χ1v) is 6.28. The van der Waals surface area contributed by atoms with Gasteiger partial charge in [-0.25, -0.2) is 0 Å². The van der Waals surface area contributed by atoms with Crippen LogP contribution in [0.15, 0.2) is 27.2 Å². The van der Waals surface area contributed by atoms with E-state index in [0.717, 1.165) is 21.3 Å². The minimum Gasteiger partial charge on any atom is -0.338 e. The van der Waals surface area contributed by atoms with E-state index >= 15 is 0 Å². The molecule has 2 aromatic rings. The first-order chi connectivity index (χ1) is 8.49. The van der Waals surface area contributed by atoms with Crippen molar-refractivity contribution in [2.24, 2.45) is 0 Å². The van der Waals surface area contributed by atoms with E-state index in [0.29, 0.717) is 11.4 Å². The van der Waals surface area contributed by atoms with E-state index in [9.17, 15) is 4.79 Å². The Morgan fingerprint density at radius 3 is 2.61 bits per heavy atom. The van der Waals surface area contributed by atoms with Crippen LogP contribution in [0.1, 0.15) is 27.2 Å². The number of carbonyl (C=O) groups excluding carboxylic acids is 1. The summed E-state index contributed by atoms with van der Waals surface area (Å²) < 4.78 is 5.81. The number of amides is 1. The van der Waals surface area contributed by atoms with Crippen molar-refractivity contribution < 1.29 is 9.32 Å². The van der Waals surface area contributed by atoms with Crippen LogP contribution in [0.2, 0.25) is 0 Å². The molecule has 0 aliphatic rings. The Morgan fingerprint density at radius 2 is 2.06 bits per heavy atom. The summed E-state index contributed by atoms with van der Waals surface area (Å²) in [4.78, 5) is 12.1. The number of anilines is 1. The number of nitrogens with one attached hydrogen (secondary N) is 1. The molecule has 0 radical (unpaired) electrons. The number of rotatable bonds is 2. The summed E-state index contributed by atoms with van der Waals surface area (Å²) in [5.41, 5.74) is 3.26. The Kier molecular flexibility index (Phi) is 3.52. The standard InChI is InChI=1S/C13H13BrN2O2/c1-7-4-5-10(11(14)6-7)12(17)15-13-8(2)9(3)16-18-13/h4-6H,1-3H3,(H,15,17). The normalized spacial score (nSPS) is 10.4. The first kappa shape index (κ1) is 12.8. The van der Waals surface area contributed by atoms with Gasteiger partial charge >= 0.3 is 0 Å². The van der Waals surface area contributed by atoms with Crippen molar-refractivity contribution in [1.82, 2.24) is 5.16 Å². The molecule has 0 bridgehead atoms. The van der Waals surface area contributed by atoms with Crippen LogP contribution >= 0.6 is 15.9 Å². The van der Waals surface area contributed by atoms with Crippen LogP contribution < -0.4 is 5.32 Å². The largest absolute Gasteiger partial charge is 0.338 e. The Labute approximate surface area is 113 Å². The Balaban J connectivity index is 2.25. The summed E-state index contributed by atoms with van der Waals surface area (Å²) in [5.74, 6) is 0.172. The van der Waals surface area contributed by atoms with Gasteiger partial charge in [-0.3, -0.25) is 10.1 Å². The van der Waals surface area contributed by atoms with Gasteiger partial charge in [-0.1, -0.05) is 11.2 Å². The zero-order valence-corrected chi connectivity index (χ0v) is 12.0. The van der Waals surface area contributed by atoms with Gasteiger partial charge in [0.2, 0.25) is 5.88 Å². The lowest BCUT2D eigenvalue weighted by Crippen LogP contribution is -2.12. The van der Waals surface area contributed by atoms with Gasteiger partial charge < -0.3 is 4.52 Å². The molecule has 1 N–H and O–H groups in total. The highest BCUT2D eigenvalue weighted by Crippen LogP contribution is 2.22. The molecule has 0 aliphatic carbocycles. The number of carbonyl (C=O) groups is 1. The second kappa shape index (κ2) is 4.94. The maximum Gasteiger partial charge on any atom is 0.259 e. The van der Waals surface area contributed by atoms with Gasteiger partial charge in [0, 0.05) is 10.0 Å². The lowest BCUT2D eigenvalue weighted by Gasteiger charge is -2.05. The van der Waals surface area contributed by atoms with Crippen LogP contribution in [0.5, 0.6) is 0 Å². The van der Waals surface area contributed by atoms with Gasteiger partial charge in [-0.05, 0) is 54.4 Å².